The summed E-state index contributed by atoms with van der Waals surface area (Å²) in [7, 11) is 0. The zero-order valence-corrected chi connectivity index (χ0v) is 59.5. The van der Waals surface area contributed by atoms with Crippen LogP contribution in [0.4, 0.5) is 0 Å². The van der Waals surface area contributed by atoms with Crippen molar-refractivity contribution in [2.75, 3.05) is 19.8 Å². The molecule has 3 aliphatic heterocycles. The summed E-state index contributed by atoms with van der Waals surface area (Å²) in [5, 5.41) is 13.2. The van der Waals surface area contributed by atoms with Crippen LogP contribution < -0.4 is 0 Å². The van der Waals surface area contributed by atoms with Crippen molar-refractivity contribution in [2.24, 2.45) is 0 Å². The van der Waals surface area contributed by atoms with Gasteiger partial charge in [-0.05, 0) is 95.1 Å². The number of ether oxygens (including phenoxy) is 15. The van der Waals surface area contributed by atoms with Crippen molar-refractivity contribution in [2.45, 2.75) is 119 Å². The van der Waals surface area contributed by atoms with Gasteiger partial charge in [0.15, 0.2) is 43.3 Å². The highest BCUT2D eigenvalue weighted by atomic mass is 16.8. The minimum absolute atomic E-state index is 0.00451. The van der Waals surface area contributed by atoms with E-state index in [-0.39, 0.29) is 66.4 Å². The van der Waals surface area contributed by atoms with E-state index in [9.17, 15) is 24.3 Å². The van der Waals surface area contributed by atoms with E-state index in [1.165, 1.54) is 72.8 Å². The van der Waals surface area contributed by atoms with E-state index in [0.29, 0.717) is 0 Å². The van der Waals surface area contributed by atoms with Crippen molar-refractivity contribution in [3.8, 4) is 0 Å². The molecule has 0 spiro atoms. The molecule has 1 N–H and O–H groups in total. The summed E-state index contributed by atoms with van der Waals surface area (Å²) >= 11 is 0. The molecule has 0 amide bonds. The van der Waals surface area contributed by atoms with Gasteiger partial charge in [0.25, 0.3) is 0 Å². The SMILES string of the molecule is O=C(OCC1O[C@H](O[C@@H]2C(OC(=O)c3ccccc3)[C@@H](OC3[C@@H](OCc4ccccc4)OC(COCc4ccccc4)[C@@H](OCc4ccccc4)[C@@H]3OCc3ccccc3)OC(COC(=O)c3ccccc3)[C@H]2OC(=O)c2ccccc2)C(OC(=O)c2ccccc2)[C@@H](O)[C@@H]1OC(=O)c1ccccc1)c1ccccc1. The molecule has 0 aromatic heterocycles. The number of carbonyl (C=O) groups is 6. The van der Waals surface area contributed by atoms with E-state index in [1.54, 1.807) is 109 Å². The molecule has 15 atom stereocenters. The zero-order valence-electron chi connectivity index (χ0n) is 59.5. The molecule has 3 fully saturated rings. The molecule has 110 heavy (non-hydrogen) atoms. The summed E-state index contributed by atoms with van der Waals surface area (Å²) in [6, 6.07) is 84.8. The Labute approximate surface area is 635 Å². The van der Waals surface area contributed by atoms with Gasteiger partial charge in [0.2, 0.25) is 0 Å². The number of rotatable bonds is 31. The van der Waals surface area contributed by atoms with Crippen LogP contribution in [0.25, 0.3) is 0 Å². The van der Waals surface area contributed by atoms with E-state index < -0.39 is 141 Å². The van der Waals surface area contributed by atoms with Gasteiger partial charge in [-0.15, -0.1) is 0 Å². The van der Waals surface area contributed by atoms with Gasteiger partial charge >= 0.3 is 35.8 Å². The fourth-order valence-corrected chi connectivity index (χ4v) is 12.8. The van der Waals surface area contributed by atoms with Crippen molar-refractivity contribution in [1.82, 2.24) is 0 Å². The number of hydrogen-bond donors (Lipinski definition) is 1. The lowest BCUT2D eigenvalue weighted by Gasteiger charge is -2.50. The van der Waals surface area contributed by atoms with Gasteiger partial charge in [-0.2, -0.15) is 0 Å². The van der Waals surface area contributed by atoms with E-state index in [4.69, 9.17) is 71.1 Å². The van der Waals surface area contributed by atoms with Crippen LogP contribution in [0.1, 0.15) is 84.4 Å². The normalized spacial score (nSPS) is 23.6. The Morgan fingerprint density at radius 3 is 0.936 bits per heavy atom. The topological polar surface area (TPSA) is 261 Å². The van der Waals surface area contributed by atoms with Crippen LogP contribution >= 0.6 is 0 Å². The van der Waals surface area contributed by atoms with Gasteiger partial charge in [0.1, 0.15) is 62.0 Å². The predicted octanol–water partition coefficient (Wildman–Crippen LogP) is 12.5. The molecule has 0 aliphatic carbocycles. The number of esters is 6. The smallest absolute Gasteiger partial charge is 0.338 e. The van der Waals surface area contributed by atoms with Crippen molar-refractivity contribution in [1.29, 1.82) is 0 Å². The highest BCUT2D eigenvalue weighted by molar-refractivity contribution is 5.92. The molecule has 22 heteroatoms. The Hall–Kier alpha value is -11.4. The van der Waals surface area contributed by atoms with E-state index in [0.717, 1.165) is 22.3 Å². The second-order valence-corrected chi connectivity index (χ2v) is 26.0. The van der Waals surface area contributed by atoms with Crippen LogP contribution in [-0.4, -0.2) is 153 Å². The van der Waals surface area contributed by atoms with Gasteiger partial charge in [0, 0.05) is 0 Å². The van der Waals surface area contributed by atoms with Crippen LogP contribution in [0.15, 0.2) is 303 Å². The van der Waals surface area contributed by atoms with Gasteiger partial charge in [-0.25, -0.2) is 28.8 Å². The molecule has 0 saturated carbocycles. The number of aliphatic hydroxyl groups excluding tert-OH is 1. The molecule has 10 aromatic carbocycles. The maximum Gasteiger partial charge on any atom is 0.338 e. The highest BCUT2D eigenvalue weighted by Gasteiger charge is 2.60. The molecular formula is C88H80O22. The van der Waals surface area contributed by atoms with Gasteiger partial charge in [-0.1, -0.05) is 231 Å². The molecule has 3 saturated heterocycles. The molecule has 0 bridgehead atoms. The second kappa shape index (κ2) is 38.6. The van der Waals surface area contributed by atoms with Crippen molar-refractivity contribution in [3.63, 3.8) is 0 Å². The van der Waals surface area contributed by atoms with Gasteiger partial charge in [-0.3, -0.25) is 0 Å². The average molecular weight is 1490 g/mol. The summed E-state index contributed by atoms with van der Waals surface area (Å²) in [6.07, 6.45) is -26.1. The number of benzene rings is 10. The van der Waals surface area contributed by atoms with Gasteiger partial charge < -0.3 is 76.2 Å². The highest BCUT2D eigenvalue weighted by Crippen LogP contribution is 2.40. The standard InChI is InChI=1S/C88H80O22/c89-71-72(105-82(92)64-43-23-7-24-44-64)69(56-99-80(90)62-39-19-5-20-40-62)103-87(75(71)107-84(94)66-47-27-9-28-48-66)109-77-74(106-83(93)65-45-25-8-26-46-65)70(57-100-81(91)63-41-21-6-22-42-63)104-88(79(77)108-85(95)67-49-29-10-30-50-67)110-78-76(98-53-60-35-15-3-16-36-60)73(97-52-59-33-13-2-14-34-59)68(55-96-51-58-31-11-1-12-32-58)102-86(78)101-54-61-37-17-4-18-38-61/h1-50,68-79,86-89H,51-57H2/t68?,69?,70?,71-,72+,73+,74+,75?,76-,77-,78?,79?,86-,87+,88+/m0/s1. The lowest BCUT2D eigenvalue weighted by atomic mass is 9.95. The minimum Gasteiger partial charge on any atom is -0.459 e. The third-order valence-corrected chi connectivity index (χ3v) is 18.4. The molecule has 6 unspecified atom stereocenters. The van der Waals surface area contributed by atoms with Crippen molar-refractivity contribution < 1.29 is 105 Å². The first-order valence-corrected chi connectivity index (χ1v) is 36.0. The van der Waals surface area contributed by atoms with Crippen LogP contribution in [0.3, 0.4) is 0 Å². The summed E-state index contributed by atoms with van der Waals surface area (Å²) in [5.41, 5.74) is 3.37. The summed E-state index contributed by atoms with van der Waals surface area (Å²) in [4.78, 5) is 88.2. The number of aliphatic hydroxyl groups is 1. The Bertz CT molecular complexity index is 4520. The number of carbonyl (C=O) groups excluding carboxylic acids is 6. The minimum atomic E-state index is -2.16. The largest absolute Gasteiger partial charge is 0.459 e. The maximum absolute atomic E-state index is 15.4. The summed E-state index contributed by atoms with van der Waals surface area (Å²) in [5.74, 6) is -5.74. The Kier molecular flexibility index (Phi) is 27.0. The number of hydrogen-bond acceptors (Lipinski definition) is 22. The summed E-state index contributed by atoms with van der Waals surface area (Å²) < 4.78 is 102. The quantitative estimate of drug-likeness (QED) is 0.0313. The average Bonchev–Trinajstić information content (AvgIpc) is 0.755. The van der Waals surface area contributed by atoms with Crippen LogP contribution in [0, 0.1) is 0 Å². The molecule has 3 heterocycles. The van der Waals surface area contributed by atoms with Crippen LogP contribution in [-0.2, 0) is 97.5 Å². The first-order chi connectivity index (χ1) is 54.0. The fraction of sp³-hybridized carbons (Fsp3) is 0.250. The summed E-state index contributed by atoms with van der Waals surface area (Å²) in [6.45, 7) is -1.60. The molecule has 13 rings (SSSR count). The van der Waals surface area contributed by atoms with Crippen molar-refractivity contribution >= 4 is 35.8 Å². The molecule has 564 valence electrons. The third kappa shape index (κ3) is 20.5. The monoisotopic (exact) mass is 1490 g/mol. The van der Waals surface area contributed by atoms with Crippen LogP contribution in [0.5, 0.6) is 0 Å². The maximum atomic E-state index is 15.4. The lowest BCUT2D eigenvalue weighted by Crippen LogP contribution is -2.68. The Morgan fingerprint density at radius 2 is 0.536 bits per heavy atom. The van der Waals surface area contributed by atoms with Crippen molar-refractivity contribution in [3.05, 3.63) is 359 Å². The second-order valence-electron chi connectivity index (χ2n) is 26.0. The van der Waals surface area contributed by atoms with E-state index >= 15 is 9.59 Å². The molecule has 10 aromatic rings. The zero-order chi connectivity index (χ0) is 75.8. The Balaban J connectivity index is 0.977. The van der Waals surface area contributed by atoms with E-state index in [2.05, 4.69) is 0 Å². The molecule has 0 radical (unpaired) electrons. The fourth-order valence-electron chi connectivity index (χ4n) is 12.8. The predicted molar refractivity (Wildman–Crippen MR) is 395 cm³/mol. The van der Waals surface area contributed by atoms with Gasteiger partial charge in [0.05, 0.1) is 66.4 Å². The van der Waals surface area contributed by atoms with Crippen LogP contribution in [0.2, 0.25) is 0 Å². The first-order valence-electron chi connectivity index (χ1n) is 36.0. The molecular weight excluding hydrogens is 1410 g/mol. The Morgan fingerprint density at radius 1 is 0.255 bits per heavy atom. The first kappa shape index (κ1) is 76.8. The third-order valence-electron chi connectivity index (χ3n) is 18.4. The van der Waals surface area contributed by atoms with E-state index in [1.807, 2.05) is 121 Å². The molecule has 22 nitrogen and oxygen atoms in total. The lowest BCUT2D eigenvalue weighted by molar-refractivity contribution is -0.389. The molecule has 3 aliphatic rings.